The lowest BCUT2D eigenvalue weighted by Crippen LogP contribution is -2.14. The fraction of sp³-hybridized carbons (Fsp3) is 0. The number of aromatic nitrogens is 3. The summed E-state index contributed by atoms with van der Waals surface area (Å²) in [6, 6.07) is 11.3. The van der Waals surface area contributed by atoms with Gasteiger partial charge in [0.25, 0.3) is 5.56 Å². The number of thiophene rings is 1. The van der Waals surface area contributed by atoms with Gasteiger partial charge in [-0.15, -0.1) is 11.3 Å². The standard InChI is InChI=1S/C13H7N3OS2/c17-12-8-4-1-2-5-9(8)14-13-16(12)15-11(19-13)10-6-3-7-18-10/h1-7H. The van der Waals surface area contributed by atoms with E-state index in [4.69, 9.17) is 0 Å². The molecule has 3 heterocycles. The summed E-state index contributed by atoms with van der Waals surface area (Å²) in [4.78, 5) is 18.5. The van der Waals surface area contributed by atoms with Gasteiger partial charge in [0.2, 0.25) is 4.96 Å². The second kappa shape index (κ2) is 3.97. The van der Waals surface area contributed by atoms with Gasteiger partial charge in [-0.1, -0.05) is 29.5 Å². The van der Waals surface area contributed by atoms with Crippen molar-refractivity contribution in [3.05, 3.63) is 52.1 Å². The third-order valence-electron chi connectivity index (χ3n) is 2.83. The number of hydrogen-bond donors (Lipinski definition) is 0. The highest BCUT2D eigenvalue weighted by Gasteiger charge is 2.12. The van der Waals surface area contributed by atoms with Crippen LogP contribution >= 0.6 is 22.7 Å². The summed E-state index contributed by atoms with van der Waals surface area (Å²) in [7, 11) is 0. The Balaban J connectivity index is 2.11. The van der Waals surface area contributed by atoms with Crippen molar-refractivity contribution in [3.8, 4) is 9.88 Å². The van der Waals surface area contributed by atoms with Gasteiger partial charge in [0.15, 0.2) is 5.01 Å². The second-order valence-electron chi connectivity index (χ2n) is 4.01. The molecule has 0 amide bonds. The van der Waals surface area contributed by atoms with Crippen LogP contribution in [0.3, 0.4) is 0 Å². The summed E-state index contributed by atoms with van der Waals surface area (Å²) in [6.45, 7) is 0. The fourth-order valence-corrected chi connectivity index (χ4v) is 3.65. The molecule has 0 aliphatic rings. The van der Waals surface area contributed by atoms with Crippen LogP contribution in [0, 0.1) is 0 Å². The Morgan fingerprint density at radius 2 is 2.00 bits per heavy atom. The fourth-order valence-electron chi connectivity index (χ4n) is 1.96. The van der Waals surface area contributed by atoms with Crippen molar-refractivity contribution in [3.63, 3.8) is 0 Å². The van der Waals surface area contributed by atoms with Crippen LogP contribution in [-0.4, -0.2) is 14.6 Å². The molecule has 19 heavy (non-hydrogen) atoms. The number of hydrogen-bond acceptors (Lipinski definition) is 5. The lowest BCUT2D eigenvalue weighted by molar-refractivity contribution is 0.921. The van der Waals surface area contributed by atoms with E-state index < -0.39 is 0 Å². The zero-order valence-corrected chi connectivity index (χ0v) is 11.2. The average Bonchev–Trinajstić information content (AvgIpc) is 3.07. The lowest BCUT2D eigenvalue weighted by Gasteiger charge is -1.95. The van der Waals surface area contributed by atoms with E-state index in [-0.39, 0.29) is 5.56 Å². The van der Waals surface area contributed by atoms with Crippen molar-refractivity contribution >= 4 is 38.5 Å². The molecule has 0 unspecified atom stereocenters. The summed E-state index contributed by atoms with van der Waals surface area (Å²) in [5, 5.41) is 7.80. The number of rotatable bonds is 1. The molecule has 0 bridgehead atoms. The molecule has 4 aromatic rings. The maximum atomic E-state index is 12.3. The van der Waals surface area contributed by atoms with Gasteiger partial charge in [-0.05, 0) is 23.6 Å². The minimum absolute atomic E-state index is 0.111. The largest absolute Gasteiger partial charge is 0.283 e. The van der Waals surface area contributed by atoms with Gasteiger partial charge >= 0.3 is 0 Å². The maximum absolute atomic E-state index is 12.3. The Morgan fingerprint density at radius 1 is 1.11 bits per heavy atom. The van der Waals surface area contributed by atoms with E-state index in [9.17, 15) is 4.79 Å². The van der Waals surface area contributed by atoms with E-state index >= 15 is 0 Å². The zero-order valence-electron chi connectivity index (χ0n) is 9.61. The van der Waals surface area contributed by atoms with Gasteiger partial charge in [0, 0.05) is 0 Å². The van der Waals surface area contributed by atoms with Gasteiger partial charge in [-0.3, -0.25) is 4.79 Å². The van der Waals surface area contributed by atoms with Gasteiger partial charge in [-0.25, -0.2) is 4.98 Å². The van der Waals surface area contributed by atoms with Crippen LogP contribution in [0.5, 0.6) is 0 Å². The van der Waals surface area contributed by atoms with Crippen molar-refractivity contribution < 1.29 is 0 Å². The molecule has 0 N–H and O–H groups in total. The zero-order chi connectivity index (χ0) is 12.8. The monoisotopic (exact) mass is 285 g/mol. The Morgan fingerprint density at radius 3 is 2.84 bits per heavy atom. The molecule has 92 valence electrons. The first-order chi connectivity index (χ1) is 9.33. The van der Waals surface area contributed by atoms with Crippen LogP contribution in [0.2, 0.25) is 0 Å². The minimum atomic E-state index is -0.111. The van der Waals surface area contributed by atoms with Crippen LogP contribution in [0.1, 0.15) is 0 Å². The molecule has 4 rings (SSSR count). The van der Waals surface area contributed by atoms with Crippen LogP contribution in [0.15, 0.2) is 46.6 Å². The first kappa shape index (κ1) is 10.8. The maximum Gasteiger partial charge on any atom is 0.283 e. The molecule has 4 nitrogen and oxygen atoms in total. The molecule has 0 fully saturated rings. The molecule has 0 radical (unpaired) electrons. The number of para-hydroxylation sites is 1. The summed E-state index contributed by atoms with van der Waals surface area (Å²) < 4.78 is 1.39. The second-order valence-corrected chi connectivity index (χ2v) is 5.92. The molecule has 3 aromatic heterocycles. The van der Waals surface area contributed by atoms with Gasteiger partial charge in [0.1, 0.15) is 0 Å². The van der Waals surface area contributed by atoms with Gasteiger partial charge in [-0.2, -0.15) is 9.61 Å². The molecular weight excluding hydrogens is 278 g/mol. The van der Waals surface area contributed by atoms with E-state index in [1.54, 1.807) is 17.4 Å². The van der Waals surface area contributed by atoms with Crippen molar-refractivity contribution in [1.29, 1.82) is 0 Å². The Labute approximate surface area is 115 Å². The number of benzene rings is 1. The van der Waals surface area contributed by atoms with E-state index in [2.05, 4.69) is 10.1 Å². The third kappa shape index (κ3) is 1.61. The molecule has 0 atom stereocenters. The molecule has 0 aliphatic heterocycles. The third-order valence-corrected chi connectivity index (χ3v) is 4.78. The highest BCUT2D eigenvalue weighted by Crippen LogP contribution is 2.28. The predicted octanol–water partition coefficient (Wildman–Crippen LogP) is 3.03. The molecule has 0 saturated heterocycles. The van der Waals surface area contributed by atoms with E-state index in [0.29, 0.717) is 15.9 Å². The first-order valence-corrected chi connectivity index (χ1v) is 7.35. The van der Waals surface area contributed by atoms with Crippen molar-refractivity contribution in [1.82, 2.24) is 14.6 Å². The summed E-state index contributed by atoms with van der Waals surface area (Å²) >= 11 is 3.04. The van der Waals surface area contributed by atoms with E-state index in [1.807, 2.05) is 35.7 Å². The van der Waals surface area contributed by atoms with Crippen molar-refractivity contribution in [2.75, 3.05) is 0 Å². The van der Waals surface area contributed by atoms with Crippen LogP contribution < -0.4 is 5.56 Å². The predicted molar refractivity (Wildman–Crippen MR) is 78.0 cm³/mol. The van der Waals surface area contributed by atoms with Crippen LogP contribution in [-0.2, 0) is 0 Å². The average molecular weight is 285 g/mol. The van der Waals surface area contributed by atoms with Gasteiger partial charge in [0.05, 0.1) is 15.8 Å². The smallest absolute Gasteiger partial charge is 0.267 e. The molecule has 6 heteroatoms. The summed E-state index contributed by atoms with van der Waals surface area (Å²) in [6.07, 6.45) is 0. The Kier molecular flexibility index (Phi) is 2.27. The normalized spacial score (nSPS) is 11.4. The highest BCUT2D eigenvalue weighted by atomic mass is 32.1. The molecule has 0 aliphatic carbocycles. The van der Waals surface area contributed by atoms with Crippen LogP contribution in [0.25, 0.3) is 25.7 Å². The van der Waals surface area contributed by atoms with Gasteiger partial charge < -0.3 is 0 Å². The van der Waals surface area contributed by atoms with E-state index in [1.165, 1.54) is 15.9 Å². The topological polar surface area (TPSA) is 47.3 Å². The number of fused-ring (bicyclic) bond motifs is 2. The first-order valence-electron chi connectivity index (χ1n) is 5.65. The number of nitrogens with zero attached hydrogens (tertiary/aromatic N) is 3. The molecule has 0 spiro atoms. The Bertz CT molecular complexity index is 937. The SMILES string of the molecule is O=c1c2ccccc2nc2sc(-c3cccs3)nn12. The van der Waals surface area contributed by atoms with E-state index in [0.717, 1.165) is 9.88 Å². The summed E-state index contributed by atoms with van der Waals surface area (Å²) in [5.74, 6) is 0. The molecule has 1 aromatic carbocycles. The van der Waals surface area contributed by atoms with Crippen LogP contribution in [0.4, 0.5) is 0 Å². The summed E-state index contributed by atoms with van der Waals surface area (Å²) in [5.41, 5.74) is 0.605. The highest BCUT2D eigenvalue weighted by molar-refractivity contribution is 7.23. The Hall–Kier alpha value is -2.05. The lowest BCUT2D eigenvalue weighted by atomic mass is 10.2. The minimum Gasteiger partial charge on any atom is -0.267 e. The molecule has 0 saturated carbocycles. The van der Waals surface area contributed by atoms with Crippen molar-refractivity contribution in [2.45, 2.75) is 0 Å². The quantitative estimate of drug-likeness (QED) is 0.540. The molecular formula is C13H7N3OS2. The van der Waals surface area contributed by atoms with Crippen molar-refractivity contribution in [2.24, 2.45) is 0 Å².